The van der Waals surface area contributed by atoms with Gasteiger partial charge in [0.25, 0.3) is 0 Å². The molecular formula is C20H18ClN5O2. The Labute approximate surface area is 166 Å². The Balaban J connectivity index is 1.54. The minimum atomic E-state index is -0.0816. The molecule has 0 unspecified atom stereocenters. The number of hydrogen-bond donors (Lipinski definition) is 0. The monoisotopic (exact) mass is 395 g/mol. The van der Waals surface area contributed by atoms with Gasteiger partial charge in [-0.1, -0.05) is 23.7 Å². The summed E-state index contributed by atoms with van der Waals surface area (Å²) in [4.78, 5) is 14.1. The number of Topliss-reactive ketones (excluding diaryl/α,β-unsaturated/α-hetero) is 1. The van der Waals surface area contributed by atoms with E-state index in [1.807, 2.05) is 50.2 Å². The van der Waals surface area contributed by atoms with Gasteiger partial charge in [0.2, 0.25) is 5.82 Å². The highest BCUT2D eigenvalue weighted by molar-refractivity contribution is 6.33. The van der Waals surface area contributed by atoms with Gasteiger partial charge in [-0.05, 0) is 49.4 Å². The van der Waals surface area contributed by atoms with Crippen molar-refractivity contribution in [3.8, 4) is 11.4 Å². The lowest BCUT2D eigenvalue weighted by Gasteiger charge is -2.07. The molecule has 0 spiro atoms. The summed E-state index contributed by atoms with van der Waals surface area (Å²) in [5.41, 5.74) is 3.19. The average molecular weight is 396 g/mol. The van der Waals surface area contributed by atoms with Gasteiger partial charge in [-0.25, -0.2) is 0 Å². The van der Waals surface area contributed by atoms with Crippen LogP contribution in [0.15, 0.2) is 53.1 Å². The van der Waals surface area contributed by atoms with Gasteiger partial charge in [-0.2, -0.15) is 4.80 Å². The van der Waals surface area contributed by atoms with Crippen LogP contribution in [-0.2, 0) is 13.1 Å². The third-order valence-corrected chi connectivity index (χ3v) is 4.95. The number of nitrogens with zero attached hydrogens (tertiary/aromatic N) is 5. The van der Waals surface area contributed by atoms with E-state index in [1.165, 1.54) is 4.80 Å². The normalized spacial score (nSPS) is 11.1. The topological polar surface area (TPSA) is 78.7 Å². The van der Waals surface area contributed by atoms with E-state index < -0.39 is 0 Å². The first-order chi connectivity index (χ1) is 13.5. The highest BCUT2D eigenvalue weighted by atomic mass is 35.5. The van der Waals surface area contributed by atoms with Crippen molar-refractivity contribution < 1.29 is 9.21 Å². The highest BCUT2D eigenvalue weighted by Crippen LogP contribution is 2.24. The molecule has 28 heavy (non-hydrogen) atoms. The Morgan fingerprint density at radius 1 is 1.18 bits per heavy atom. The molecule has 0 saturated heterocycles. The second-order valence-electron chi connectivity index (χ2n) is 6.50. The number of furan rings is 1. The molecule has 0 aliphatic rings. The van der Waals surface area contributed by atoms with Crippen molar-refractivity contribution in [3.05, 3.63) is 76.5 Å². The Morgan fingerprint density at radius 3 is 2.75 bits per heavy atom. The summed E-state index contributed by atoms with van der Waals surface area (Å²) >= 11 is 6.17. The van der Waals surface area contributed by atoms with Crippen LogP contribution >= 0.6 is 11.6 Å². The van der Waals surface area contributed by atoms with Crippen LogP contribution in [0.1, 0.15) is 27.5 Å². The van der Waals surface area contributed by atoms with Crippen molar-refractivity contribution in [1.29, 1.82) is 0 Å². The van der Waals surface area contributed by atoms with Gasteiger partial charge in [0.05, 0.1) is 17.8 Å². The maximum atomic E-state index is 12.8. The standard InChI is InChI=1S/C20H18ClN5O2/c1-13-10-17(14(2)25(13)11-15-6-5-9-28-15)19(27)12-26-23-20(22-24-26)16-7-3-4-8-18(16)21/h3-10H,11-12H2,1-2H3. The number of carbonyl (C=O) groups is 1. The number of ketones is 1. The number of rotatable bonds is 6. The molecule has 4 rings (SSSR count). The van der Waals surface area contributed by atoms with E-state index >= 15 is 0 Å². The van der Waals surface area contributed by atoms with Crippen molar-refractivity contribution in [2.75, 3.05) is 0 Å². The second-order valence-corrected chi connectivity index (χ2v) is 6.90. The molecule has 1 aromatic carbocycles. The van der Waals surface area contributed by atoms with Crippen LogP contribution in [0.3, 0.4) is 0 Å². The van der Waals surface area contributed by atoms with Gasteiger partial charge in [-0.15, -0.1) is 10.2 Å². The largest absolute Gasteiger partial charge is 0.467 e. The predicted octanol–water partition coefficient (Wildman–Crippen LogP) is 3.94. The predicted molar refractivity (Wildman–Crippen MR) is 104 cm³/mol. The van der Waals surface area contributed by atoms with E-state index in [-0.39, 0.29) is 12.3 Å². The first kappa shape index (κ1) is 18.2. The third kappa shape index (κ3) is 3.48. The Hall–Kier alpha value is -3.19. The van der Waals surface area contributed by atoms with Crippen molar-refractivity contribution >= 4 is 17.4 Å². The van der Waals surface area contributed by atoms with E-state index in [4.69, 9.17) is 16.0 Å². The van der Waals surface area contributed by atoms with E-state index in [1.54, 1.807) is 12.3 Å². The fourth-order valence-electron chi connectivity index (χ4n) is 3.16. The Morgan fingerprint density at radius 2 is 2.00 bits per heavy atom. The summed E-state index contributed by atoms with van der Waals surface area (Å²) in [5.74, 6) is 1.15. The number of aromatic nitrogens is 5. The van der Waals surface area contributed by atoms with E-state index in [0.717, 1.165) is 17.1 Å². The average Bonchev–Trinajstić information content (AvgIpc) is 3.40. The SMILES string of the molecule is Cc1cc(C(=O)Cn2nnc(-c3ccccc3Cl)n2)c(C)n1Cc1ccco1. The lowest BCUT2D eigenvalue weighted by Crippen LogP contribution is -2.14. The molecule has 0 saturated carbocycles. The molecule has 4 aromatic rings. The quantitative estimate of drug-likeness (QED) is 0.462. The first-order valence-electron chi connectivity index (χ1n) is 8.78. The molecule has 142 valence electrons. The molecule has 0 amide bonds. The first-order valence-corrected chi connectivity index (χ1v) is 9.15. The number of benzene rings is 1. The summed E-state index contributed by atoms with van der Waals surface area (Å²) in [6.45, 7) is 4.47. The molecule has 3 heterocycles. The zero-order valence-corrected chi connectivity index (χ0v) is 16.2. The molecule has 0 bridgehead atoms. The van der Waals surface area contributed by atoms with Crippen LogP contribution in [0.2, 0.25) is 5.02 Å². The molecular weight excluding hydrogens is 378 g/mol. The molecule has 0 N–H and O–H groups in total. The number of aryl methyl sites for hydroxylation is 1. The Kier molecular flexibility index (Phi) is 4.83. The summed E-state index contributed by atoms with van der Waals surface area (Å²) in [5, 5.41) is 12.8. The minimum absolute atomic E-state index is 0.00248. The molecule has 0 aliphatic heterocycles. The van der Waals surface area contributed by atoms with Crippen LogP contribution in [0, 0.1) is 13.8 Å². The molecule has 0 aliphatic carbocycles. The van der Waals surface area contributed by atoms with Gasteiger partial charge in [0.15, 0.2) is 5.78 Å². The van der Waals surface area contributed by atoms with Crippen LogP contribution < -0.4 is 0 Å². The van der Waals surface area contributed by atoms with Crippen LogP contribution in [0.25, 0.3) is 11.4 Å². The van der Waals surface area contributed by atoms with Gasteiger partial charge in [0.1, 0.15) is 12.3 Å². The van der Waals surface area contributed by atoms with E-state index in [2.05, 4.69) is 20.0 Å². The molecule has 8 heteroatoms. The molecule has 0 atom stereocenters. The maximum absolute atomic E-state index is 12.8. The maximum Gasteiger partial charge on any atom is 0.206 e. The van der Waals surface area contributed by atoms with Crippen molar-refractivity contribution in [1.82, 2.24) is 24.8 Å². The zero-order chi connectivity index (χ0) is 19.7. The second kappa shape index (κ2) is 7.44. The van der Waals surface area contributed by atoms with Crippen LogP contribution in [0.4, 0.5) is 0 Å². The van der Waals surface area contributed by atoms with E-state index in [0.29, 0.717) is 28.5 Å². The van der Waals surface area contributed by atoms with Crippen LogP contribution in [0.5, 0.6) is 0 Å². The van der Waals surface area contributed by atoms with Crippen molar-refractivity contribution in [3.63, 3.8) is 0 Å². The zero-order valence-electron chi connectivity index (χ0n) is 15.5. The number of carbonyl (C=O) groups excluding carboxylic acids is 1. The number of tetrazole rings is 1. The molecule has 7 nitrogen and oxygen atoms in total. The van der Waals surface area contributed by atoms with Crippen molar-refractivity contribution in [2.45, 2.75) is 26.9 Å². The fraction of sp³-hybridized carbons (Fsp3) is 0.200. The number of hydrogen-bond acceptors (Lipinski definition) is 5. The lowest BCUT2D eigenvalue weighted by atomic mass is 10.1. The fourth-order valence-corrected chi connectivity index (χ4v) is 3.38. The van der Waals surface area contributed by atoms with Gasteiger partial charge in [-0.3, -0.25) is 4.79 Å². The molecule has 0 radical (unpaired) electrons. The highest BCUT2D eigenvalue weighted by Gasteiger charge is 2.18. The van der Waals surface area contributed by atoms with Gasteiger partial charge < -0.3 is 8.98 Å². The van der Waals surface area contributed by atoms with E-state index in [9.17, 15) is 4.79 Å². The Bertz CT molecular complexity index is 1130. The smallest absolute Gasteiger partial charge is 0.206 e. The van der Waals surface area contributed by atoms with Crippen molar-refractivity contribution in [2.24, 2.45) is 0 Å². The summed E-state index contributed by atoms with van der Waals surface area (Å²) < 4.78 is 7.47. The third-order valence-electron chi connectivity index (χ3n) is 4.62. The summed E-state index contributed by atoms with van der Waals surface area (Å²) in [7, 11) is 0. The van der Waals surface area contributed by atoms with Gasteiger partial charge in [0, 0.05) is 22.5 Å². The summed E-state index contributed by atoms with van der Waals surface area (Å²) in [6, 6.07) is 12.9. The van der Waals surface area contributed by atoms with Crippen LogP contribution in [-0.4, -0.2) is 30.6 Å². The summed E-state index contributed by atoms with van der Waals surface area (Å²) in [6.07, 6.45) is 1.64. The van der Waals surface area contributed by atoms with Gasteiger partial charge >= 0.3 is 0 Å². The molecule has 0 fully saturated rings. The minimum Gasteiger partial charge on any atom is -0.467 e. The number of halogens is 1. The lowest BCUT2D eigenvalue weighted by molar-refractivity contribution is 0.0960. The molecule has 3 aromatic heterocycles.